The maximum atomic E-state index is 5.04. The number of guanidine groups is 1. The Morgan fingerprint density at radius 3 is 2.53 bits per heavy atom. The van der Waals surface area contributed by atoms with Crippen LogP contribution in [-0.4, -0.2) is 35.2 Å². The van der Waals surface area contributed by atoms with Crippen LogP contribution in [0, 0.1) is 6.92 Å². The van der Waals surface area contributed by atoms with Crippen LogP contribution in [0.2, 0.25) is 0 Å². The summed E-state index contributed by atoms with van der Waals surface area (Å²) >= 11 is 0. The lowest BCUT2D eigenvalue weighted by atomic mass is 10.1. The number of aryl methyl sites for hydroxylation is 2. The molecule has 7 heteroatoms. The number of aliphatic imine (C=N–C) groups is 1. The fourth-order valence-electron chi connectivity index (χ4n) is 1.42. The highest BCUT2D eigenvalue weighted by Crippen LogP contribution is 2.00. The van der Waals surface area contributed by atoms with Crippen LogP contribution in [0.1, 0.15) is 38.9 Å². The number of hydrogen-bond acceptors (Lipinski definition) is 4. The van der Waals surface area contributed by atoms with E-state index in [1.165, 1.54) is 0 Å². The molecule has 0 fully saturated rings. The second-order valence-electron chi connectivity index (χ2n) is 5.21. The number of nitrogens with zero attached hydrogens (tertiary/aromatic N) is 3. The van der Waals surface area contributed by atoms with Gasteiger partial charge in [-0.05, 0) is 34.1 Å². The fraction of sp³-hybridized carbons (Fsp3) is 0.750. The molecule has 0 aliphatic heterocycles. The molecule has 0 aliphatic carbocycles. The molecule has 110 valence electrons. The van der Waals surface area contributed by atoms with Gasteiger partial charge in [-0.25, -0.2) is 0 Å². The molecular weight excluding hydrogens is 357 g/mol. The van der Waals surface area contributed by atoms with Gasteiger partial charge in [-0.1, -0.05) is 5.16 Å². The van der Waals surface area contributed by atoms with Crippen LogP contribution in [0.15, 0.2) is 9.52 Å². The van der Waals surface area contributed by atoms with Crippen molar-refractivity contribution in [3.8, 4) is 0 Å². The van der Waals surface area contributed by atoms with Gasteiger partial charge in [-0.2, -0.15) is 4.98 Å². The summed E-state index contributed by atoms with van der Waals surface area (Å²) in [7, 11) is 1.77. The van der Waals surface area contributed by atoms with Crippen LogP contribution in [0.25, 0.3) is 0 Å². The molecule has 1 aromatic rings. The molecule has 1 rings (SSSR count). The van der Waals surface area contributed by atoms with Gasteiger partial charge in [-0.3, -0.25) is 4.99 Å². The van der Waals surface area contributed by atoms with Gasteiger partial charge in [0.05, 0.1) is 0 Å². The van der Waals surface area contributed by atoms with Crippen LogP contribution >= 0.6 is 24.0 Å². The quantitative estimate of drug-likeness (QED) is 0.361. The Kier molecular flexibility index (Phi) is 7.96. The van der Waals surface area contributed by atoms with Crippen molar-refractivity contribution in [3.05, 3.63) is 11.7 Å². The molecule has 0 saturated carbocycles. The minimum Gasteiger partial charge on any atom is -0.356 e. The summed E-state index contributed by atoms with van der Waals surface area (Å²) in [5.74, 6) is 2.18. The second kappa shape index (κ2) is 8.34. The van der Waals surface area contributed by atoms with Gasteiger partial charge in [0, 0.05) is 25.6 Å². The van der Waals surface area contributed by atoms with Crippen molar-refractivity contribution in [2.24, 2.45) is 4.99 Å². The van der Waals surface area contributed by atoms with Crippen LogP contribution < -0.4 is 10.6 Å². The van der Waals surface area contributed by atoms with Crippen molar-refractivity contribution in [1.29, 1.82) is 0 Å². The van der Waals surface area contributed by atoms with Crippen molar-refractivity contribution in [3.63, 3.8) is 0 Å². The van der Waals surface area contributed by atoms with E-state index in [0.717, 1.165) is 25.3 Å². The summed E-state index contributed by atoms with van der Waals surface area (Å²) in [6.07, 6.45) is 1.70. The Balaban J connectivity index is 0.00000324. The van der Waals surface area contributed by atoms with Gasteiger partial charge >= 0.3 is 0 Å². The molecule has 0 aromatic carbocycles. The van der Waals surface area contributed by atoms with E-state index in [0.29, 0.717) is 11.7 Å². The Labute approximate surface area is 131 Å². The zero-order valence-corrected chi connectivity index (χ0v) is 14.6. The summed E-state index contributed by atoms with van der Waals surface area (Å²) in [6, 6.07) is 0. The number of halogens is 1. The lowest BCUT2D eigenvalue weighted by Crippen LogP contribution is -2.47. The largest absolute Gasteiger partial charge is 0.356 e. The molecule has 2 N–H and O–H groups in total. The van der Waals surface area contributed by atoms with Gasteiger partial charge in [0.25, 0.3) is 0 Å². The number of nitrogens with one attached hydrogen (secondary N) is 2. The van der Waals surface area contributed by atoms with E-state index < -0.39 is 0 Å². The lowest BCUT2D eigenvalue weighted by molar-refractivity contribution is 0.372. The minimum absolute atomic E-state index is 0. The highest BCUT2D eigenvalue weighted by molar-refractivity contribution is 14.0. The Hall–Kier alpha value is -0.860. The number of aromatic nitrogens is 2. The van der Waals surface area contributed by atoms with E-state index in [1.54, 1.807) is 7.05 Å². The molecule has 19 heavy (non-hydrogen) atoms. The summed E-state index contributed by atoms with van der Waals surface area (Å²) < 4.78 is 5.04. The number of rotatable bonds is 4. The van der Waals surface area contributed by atoms with Crippen molar-refractivity contribution < 1.29 is 4.52 Å². The first-order valence-corrected chi connectivity index (χ1v) is 6.19. The van der Waals surface area contributed by atoms with Gasteiger partial charge in [0.1, 0.15) is 0 Å². The first-order chi connectivity index (χ1) is 8.40. The second-order valence-corrected chi connectivity index (χ2v) is 5.21. The first kappa shape index (κ1) is 18.1. The van der Waals surface area contributed by atoms with Crippen LogP contribution in [0.5, 0.6) is 0 Å². The van der Waals surface area contributed by atoms with Gasteiger partial charge in [-0.15, -0.1) is 24.0 Å². The smallest absolute Gasteiger partial charge is 0.226 e. The molecular formula is C12H24IN5O. The Morgan fingerprint density at radius 1 is 1.37 bits per heavy atom. The summed E-state index contributed by atoms with van der Waals surface area (Å²) in [5, 5.41) is 10.3. The monoisotopic (exact) mass is 381 g/mol. The van der Waals surface area contributed by atoms with Gasteiger partial charge in [0.2, 0.25) is 5.89 Å². The van der Waals surface area contributed by atoms with Crippen LogP contribution in [-0.2, 0) is 6.42 Å². The normalized spacial score (nSPS) is 11.9. The van der Waals surface area contributed by atoms with Crippen LogP contribution in [0.4, 0.5) is 0 Å². The first-order valence-electron chi connectivity index (χ1n) is 6.19. The molecule has 0 saturated heterocycles. The summed E-state index contributed by atoms with van der Waals surface area (Å²) in [4.78, 5) is 8.32. The van der Waals surface area contributed by atoms with E-state index in [9.17, 15) is 0 Å². The van der Waals surface area contributed by atoms with Gasteiger partial charge in [0.15, 0.2) is 11.8 Å². The third-order valence-electron chi connectivity index (χ3n) is 2.15. The Bertz CT molecular complexity index is 397. The molecule has 0 aliphatic rings. The van der Waals surface area contributed by atoms with Crippen LogP contribution in [0.3, 0.4) is 0 Å². The molecule has 0 amide bonds. The average molecular weight is 381 g/mol. The molecule has 6 nitrogen and oxygen atoms in total. The minimum atomic E-state index is 0. The van der Waals surface area contributed by atoms with Crippen molar-refractivity contribution in [1.82, 2.24) is 20.8 Å². The van der Waals surface area contributed by atoms with Crippen molar-refractivity contribution in [2.75, 3.05) is 13.6 Å². The number of hydrogen-bond donors (Lipinski definition) is 2. The molecule has 0 bridgehead atoms. The zero-order chi connectivity index (χ0) is 13.6. The van der Waals surface area contributed by atoms with E-state index in [4.69, 9.17) is 4.52 Å². The maximum absolute atomic E-state index is 5.04. The van der Waals surface area contributed by atoms with Crippen molar-refractivity contribution in [2.45, 2.75) is 46.1 Å². The highest BCUT2D eigenvalue weighted by Gasteiger charge is 2.11. The zero-order valence-electron chi connectivity index (χ0n) is 12.3. The molecule has 1 heterocycles. The maximum Gasteiger partial charge on any atom is 0.226 e. The highest BCUT2D eigenvalue weighted by atomic mass is 127. The third-order valence-corrected chi connectivity index (χ3v) is 2.15. The average Bonchev–Trinajstić information content (AvgIpc) is 2.67. The molecule has 1 aromatic heterocycles. The Morgan fingerprint density at radius 2 is 2.05 bits per heavy atom. The summed E-state index contributed by atoms with van der Waals surface area (Å²) in [6.45, 7) is 8.93. The predicted octanol–water partition coefficient (Wildman–Crippen LogP) is 1.89. The topological polar surface area (TPSA) is 75.3 Å². The summed E-state index contributed by atoms with van der Waals surface area (Å²) in [5.41, 5.74) is 0.00540. The van der Waals surface area contributed by atoms with E-state index in [-0.39, 0.29) is 29.5 Å². The molecule has 0 atom stereocenters. The fourth-order valence-corrected chi connectivity index (χ4v) is 1.42. The molecule has 0 unspecified atom stereocenters. The van der Waals surface area contributed by atoms with E-state index in [2.05, 4.69) is 46.5 Å². The standard InChI is InChI=1S/C12H23N5O.HI/c1-9-15-10(18-17-9)7-6-8-14-11(13-5)16-12(2,3)4;/h6-8H2,1-5H3,(H2,13,14,16);1H. The van der Waals surface area contributed by atoms with Gasteiger partial charge < -0.3 is 15.2 Å². The molecule has 0 spiro atoms. The molecule has 0 radical (unpaired) electrons. The SMILES string of the molecule is CN=C(NCCCc1nc(C)no1)NC(C)(C)C.I. The van der Waals surface area contributed by atoms with Crippen molar-refractivity contribution >= 4 is 29.9 Å². The van der Waals surface area contributed by atoms with E-state index in [1.807, 2.05) is 6.92 Å². The lowest BCUT2D eigenvalue weighted by Gasteiger charge is -2.23. The third kappa shape index (κ3) is 8.02. The van der Waals surface area contributed by atoms with E-state index >= 15 is 0 Å². The predicted molar refractivity (Wildman–Crippen MR) is 87.0 cm³/mol.